The van der Waals surface area contributed by atoms with Gasteiger partial charge in [-0.25, -0.2) is 9.78 Å². The first-order valence-corrected chi connectivity index (χ1v) is 11.6. The molecule has 0 spiro atoms. The van der Waals surface area contributed by atoms with Crippen LogP contribution in [0, 0.1) is 0 Å². The van der Waals surface area contributed by atoms with E-state index in [1.165, 1.54) is 18.3 Å². The van der Waals surface area contributed by atoms with Crippen molar-refractivity contribution < 1.29 is 32.2 Å². The van der Waals surface area contributed by atoms with Gasteiger partial charge in [-0.2, -0.15) is 13.2 Å². The van der Waals surface area contributed by atoms with E-state index in [1.54, 1.807) is 20.2 Å². The number of benzene rings is 1. The Hall–Kier alpha value is -3.24. The van der Waals surface area contributed by atoms with Gasteiger partial charge in [-0.05, 0) is 31.1 Å². The lowest BCUT2D eigenvalue weighted by molar-refractivity contribution is -0.148. The first kappa shape index (κ1) is 29.0. The molecule has 0 fully saturated rings. The van der Waals surface area contributed by atoms with Crippen LogP contribution >= 0.6 is 0 Å². The van der Waals surface area contributed by atoms with Crippen LogP contribution in [0.5, 0.6) is 0 Å². The lowest BCUT2D eigenvalue weighted by atomic mass is 10.1. The van der Waals surface area contributed by atoms with Gasteiger partial charge in [0.05, 0.1) is 43.5 Å². The van der Waals surface area contributed by atoms with Gasteiger partial charge in [0, 0.05) is 25.8 Å². The third kappa shape index (κ3) is 9.79. The molecule has 1 heterocycles. The van der Waals surface area contributed by atoms with E-state index in [0.29, 0.717) is 43.4 Å². The summed E-state index contributed by atoms with van der Waals surface area (Å²) in [7, 11) is 1.60. The number of allylic oxidation sites excluding steroid dienone is 1. The summed E-state index contributed by atoms with van der Waals surface area (Å²) in [5, 5.41) is 0. The number of anilines is 1. The number of hydrogen-bond acceptors (Lipinski definition) is 7. The van der Waals surface area contributed by atoms with Gasteiger partial charge < -0.3 is 19.1 Å². The summed E-state index contributed by atoms with van der Waals surface area (Å²) >= 11 is 0. The quantitative estimate of drug-likeness (QED) is 0.200. The van der Waals surface area contributed by atoms with Gasteiger partial charge in [-0.15, -0.1) is 0 Å². The minimum absolute atomic E-state index is 0.114. The summed E-state index contributed by atoms with van der Waals surface area (Å²) in [6.07, 6.45) is 5.33. The van der Waals surface area contributed by atoms with Crippen LogP contribution in [0.3, 0.4) is 0 Å². The molecular weight excluding hydrogens is 475 g/mol. The van der Waals surface area contributed by atoms with Crippen molar-refractivity contribution in [2.75, 3.05) is 51.5 Å². The Bertz CT molecular complexity index is 1010. The molecule has 1 aromatic carbocycles. The third-order valence-electron chi connectivity index (χ3n) is 4.93. The summed E-state index contributed by atoms with van der Waals surface area (Å²) < 4.78 is 54.1. The van der Waals surface area contributed by atoms with Crippen LogP contribution < -0.4 is 4.90 Å². The lowest BCUT2D eigenvalue weighted by Gasteiger charge is -2.24. The normalized spacial score (nSPS) is 12.2. The van der Waals surface area contributed by atoms with Crippen LogP contribution in [-0.4, -0.2) is 62.6 Å². The Labute approximate surface area is 209 Å². The fourth-order valence-corrected chi connectivity index (χ4v) is 3.23. The molecular formula is C26H32F3N3O4. The van der Waals surface area contributed by atoms with Crippen molar-refractivity contribution in [3.63, 3.8) is 0 Å². The molecule has 0 saturated carbocycles. The Morgan fingerprint density at radius 1 is 1.14 bits per heavy atom. The van der Waals surface area contributed by atoms with Gasteiger partial charge in [-0.3, -0.25) is 4.98 Å². The summed E-state index contributed by atoms with van der Waals surface area (Å²) in [5.74, 6) is 0.158. The van der Waals surface area contributed by atoms with Gasteiger partial charge in [0.15, 0.2) is 0 Å². The van der Waals surface area contributed by atoms with E-state index in [9.17, 15) is 18.0 Å². The molecule has 0 aliphatic rings. The maximum Gasteiger partial charge on any atom is 0.416 e. The Kier molecular flexibility index (Phi) is 12.1. The predicted octanol–water partition coefficient (Wildman–Crippen LogP) is 5.09. The summed E-state index contributed by atoms with van der Waals surface area (Å²) in [6.45, 7) is 5.67. The lowest BCUT2D eigenvalue weighted by Crippen LogP contribution is -2.30. The molecule has 1 aromatic heterocycles. The second-order valence-electron chi connectivity index (χ2n) is 7.66. The van der Waals surface area contributed by atoms with Crippen LogP contribution in [0.1, 0.15) is 25.8 Å². The third-order valence-corrected chi connectivity index (χ3v) is 4.93. The van der Waals surface area contributed by atoms with Crippen LogP contribution in [0.2, 0.25) is 0 Å². The molecule has 196 valence electrons. The van der Waals surface area contributed by atoms with Crippen LogP contribution in [0.15, 0.2) is 60.5 Å². The number of alkyl halides is 3. The molecule has 2 aromatic rings. The first-order valence-electron chi connectivity index (χ1n) is 11.6. The SMILES string of the molecule is CC/C=C(\C=C/COCC(=O)OCC)CN(CCOC)c1cncc(-c2ccc(C(F)(F)F)cc2)n1. The number of methoxy groups -OCH3 is 1. The molecule has 2 rings (SSSR count). The number of carbonyl (C=O) groups excluding carboxylic acids is 1. The van der Waals surface area contributed by atoms with Crippen molar-refractivity contribution in [2.45, 2.75) is 26.4 Å². The first-order chi connectivity index (χ1) is 17.3. The molecule has 0 unspecified atom stereocenters. The van der Waals surface area contributed by atoms with Crippen LogP contribution in [0.4, 0.5) is 19.0 Å². The van der Waals surface area contributed by atoms with Crippen molar-refractivity contribution in [1.82, 2.24) is 9.97 Å². The van der Waals surface area contributed by atoms with Gasteiger partial charge in [-0.1, -0.05) is 37.3 Å². The standard InChI is InChI=1S/C26H32F3N3O4/c1-4-7-20(8-6-14-35-19-25(33)36-5-2)18-32(13-15-34-3)24-17-30-16-23(31-24)21-9-11-22(12-10-21)26(27,28)29/h6-12,16-17H,4-5,13-15,18-19H2,1-3H3/b8-6-,20-7+. The molecule has 7 nitrogen and oxygen atoms in total. The van der Waals surface area contributed by atoms with Gasteiger partial charge in [0.2, 0.25) is 0 Å². The molecule has 0 N–H and O–H groups in total. The molecule has 0 bridgehead atoms. The molecule has 0 amide bonds. The number of esters is 1. The zero-order valence-electron chi connectivity index (χ0n) is 20.8. The molecule has 0 radical (unpaired) electrons. The highest BCUT2D eigenvalue weighted by atomic mass is 19.4. The number of aromatic nitrogens is 2. The van der Waals surface area contributed by atoms with Crippen molar-refractivity contribution in [1.29, 1.82) is 0 Å². The monoisotopic (exact) mass is 507 g/mol. The zero-order valence-corrected chi connectivity index (χ0v) is 20.8. The minimum Gasteiger partial charge on any atom is -0.464 e. The van der Waals surface area contributed by atoms with Crippen molar-refractivity contribution in [3.8, 4) is 11.3 Å². The van der Waals surface area contributed by atoms with E-state index in [1.807, 2.05) is 24.0 Å². The Morgan fingerprint density at radius 2 is 1.89 bits per heavy atom. The number of carbonyl (C=O) groups is 1. The highest BCUT2D eigenvalue weighted by Gasteiger charge is 2.30. The van der Waals surface area contributed by atoms with E-state index < -0.39 is 17.7 Å². The van der Waals surface area contributed by atoms with E-state index in [4.69, 9.17) is 14.2 Å². The van der Waals surface area contributed by atoms with Gasteiger partial charge in [0.25, 0.3) is 0 Å². The van der Waals surface area contributed by atoms with E-state index in [0.717, 1.165) is 24.1 Å². The van der Waals surface area contributed by atoms with Gasteiger partial charge in [0.1, 0.15) is 12.4 Å². The van der Waals surface area contributed by atoms with E-state index in [-0.39, 0.29) is 13.2 Å². The largest absolute Gasteiger partial charge is 0.464 e. The smallest absolute Gasteiger partial charge is 0.416 e. The number of nitrogens with zero attached hydrogens (tertiary/aromatic N) is 3. The minimum atomic E-state index is -4.40. The molecule has 36 heavy (non-hydrogen) atoms. The Balaban J connectivity index is 2.16. The van der Waals surface area contributed by atoms with Gasteiger partial charge >= 0.3 is 12.1 Å². The summed E-state index contributed by atoms with van der Waals surface area (Å²) in [5.41, 5.74) is 1.28. The number of halogens is 3. The number of hydrogen-bond donors (Lipinski definition) is 0. The second kappa shape index (κ2) is 15.0. The highest BCUT2D eigenvalue weighted by molar-refractivity contribution is 5.70. The van der Waals surface area contributed by atoms with E-state index in [2.05, 4.69) is 16.0 Å². The summed E-state index contributed by atoms with van der Waals surface area (Å²) in [4.78, 5) is 22.3. The average molecular weight is 508 g/mol. The molecule has 0 atom stereocenters. The van der Waals surface area contributed by atoms with Crippen molar-refractivity contribution >= 4 is 11.8 Å². The predicted molar refractivity (Wildman–Crippen MR) is 132 cm³/mol. The maximum absolute atomic E-state index is 12.9. The molecule has 0 aliphatic heterocycles. The van der Waals surface area contributed by atoms with Crippen molar-refractivity contribution in [2.24, 2.45) is 0 Å². The number of rotatable bonds is 14. The fraction of sp³-hybridized carbons (Fsp3) is 0.423. The Morgan fingerprint density at radius 3 is 2.53 bits per heavy atom. The molecule has 0 aliphatic carbocycles. The zero-order chi connectivity index (χ0) is 26.4. The average Bonchev–Trinajstić information content (AvgIpc) is 2.86. The van der Waals surface area contributed by atoms with Crippen molar-refractivity contribution in [3.05, 3.63) is 66.0 Å². The van der Waals surface area contributed by atoms with Crippen LogP contribution in [0.25, 0.3) is 11.3 Å². The highest BCUT2D eigenvalue weighted by Crippen LogP contribution is 2.30. The molecule has 10 heteroatoms. The second-order valence-corrected chi connectivity index (χ2v) is 7.66. The fourth-order valence-electron chi connectivity index (χ4n) is 3.23. The topological polar surface area (TPSA) is 73.8 Å². The van der Waals surface area contributed by atoms with E-state index >= 15 is 0 Å². The number of ether oxygens (including phenoxy) is 3. The van der Waals surface area contributed by atoms with Crippen LogP contribution in [-0.2, 0) is 25.2 Å². The molecule has 0 saturated heterocycles. The maximum atomic E-state index is 12.9. The summed E-state index contributed by atoms with van der Waals surface area (Å²) in [6, 6.07) is 4.83.